The Kier molecular flexibility index (Phi) is 3.73. The summed E-state index contributed by atoms with van der Waals surface area (Å²) in [5, 5.41) is 0. The summed E-state index contributed by atoms with van der Waals surface area (Å²) in [6, 6.07) is 0.702. The zero-order valence-electron chi connectivity index (χ0n) is 9.21. The molecule has 3 rings (SSSR count). The van der Waals surface area contributed by atoms with Gasteiger partial charge in [0.25, 0.3) is 0 Å². The molecule has 0 aromatic heterocycles. The van der Waals surface area contributed by atoms with E-state index in [1.165, 1.54) is 38.8 Å². The van der Waals surface area contributed by atoms with Crippen LogP contribution in [0.1, 0.15) is 39.0 Å². The Bertz CT molecular complexity index is 161. The highest BCUT2D eigenvalue weighted by molar-refractivity contribution is 6.17. The second-order valence-corrected chi connectivity index (χ2v) is 5.55. The lowest BCUT2D eigenvalue weighted by molar-refractivity contribution is 0.188. The van der Waals surface area contributed by atoms with Gasteiger partial charge in [-0.25, -0.2) is 0 Å². The molecule has 3 fully saturated rings. The summed E-state index contributed by atoms with van der Waals surface area (Å²) in [5.74, 6) is 2.80. The summed E-state index contributed by atoms with van der Waals surface area (Å²) < 4.78 is 0. The van der Waals surface area contributed by atoms with Crippen molar-refractivity contribution in [2.24, 2.45) is 11.8 Å². The van der Waals surface area contributed by atoms with E-state index in [1.54, 1.807) is 0 Å². The van der Waals surface area contributed by atoms with Crippen molar-refractivity contribution in [3.05, 3.63) is 0 Å². The van der Waals surface area contributed by atoms with Crippen molar-refractivity contribution in [2.75, 3.05) is 19.0 Å². The lowest BCUT2D eigenvalue weighted by Crippen LogP contribution is -2.36. The molecule has 2 heterocycles. The van der Waals surface area contributed by atoms with E-state index in [1.807, 2.05) is 0 Å². The molecule has 0 spiro atoms. The zero-order valence-corrected chi connectivity index (χ0v) is 9.97. The number of hydrogen-bond donors (Lipinski definition) is 0. The first kappa shape index (κ1) is 10.8. The van der Waals surface area contributed by atoms with Crippen LogP contribution in [0.5, 0.6) is 0 Å². The molecule has 2 heteroatoms. The molecule has 0 aromatic carbocycles. The minimum absolute atomic E-state index is 0.702. The van der Waals surface area contributed by atoms with E-state index in [4.69, 9.17) is 11.6 Å². The van der Waals surface area contributed by atoms with Gasteiger partial charge < -0.3 is 4.90 Å². The van der Waals surface area contributed by atoms with Crippen LogP contribution in [0.2, 0.25) is 0 Å². The molecule has 0 radical (unpaired) electrons. The van der Waals surface area contributed by atoms with Crippen LogP contribution >= 0.6 is 11.6 Å². The quantitative estimate of drug-likeness (QED) is 0.654. The lowest BCUT2D eigenvalue weighted by Gasteiger charge is -2.28. The minimum atomic E-state index is 0.702. The predicted octanol–water partition coefficient (Wildman–Crippen LogP) is 3.13. The summed E-state index contributed by atoms with van der Waals surface area (Å²) in [6.07, 6.45) is 7.08. The standard InChI is InChI=1S/C12H22ClN/c1-10(6-7-13)14-8-11-2-3-12(9-14)5-4-11/h10-12H,2-9H2,1H3. The van der Waals surface area contributed by atoms with Crippen LogP contribution in [0.4, 0.5) is 0 Å². The third-order valence-corrected chi connectivity index (χ3v) is 4.32. The van der Waals surface area contributed by atoms with Gasteiger partial charge in [-0.1, -0.05) is 0 Å². The number of alkyl halides is 1. The van der Waals surface area contributed by atoms with Crippen molar-refractivity contribution in [2.45, 2.75) is 45.1 Å². The van der Waals surface area contributed by atoms with Gasteiger partial charge in [-0.15, -0.1) is 11.6 Å². The normalized spacial score (nSPS) is 35.6. The molecule has 1 unspecified atom stereocenters. The molecule has 0 N–H and O–H groups in total. The highest BCUT2D eigenvalue weighted by atomic mass is 35.5. The van der Waals surface area contributed by atoms with Gasteiger partial charge in [0.2, 0.25) is 0 Å². The van der Waals surface area contributed by atoms with E-state index in [9.17, 15) is 0 Å². The number of hydrogen-bond acceptors (Lipinski definition) is 1. The van der Waals surface area contributed by atoms with Gasteiger partial charge in [-0.05, 0) is 50.9 Å². The predicted molar refractivity (Wildman–Crippen MR) is 61.8 cm³/mol. The smallest absolute Gasteiger partial charge is 0.0238 e. The Morgan fingerprint density at radius 1 is 1.14 bits per heavy atom. The van der Waals surface area contributed by atoms with E-state index in [0.717, 1.165) is 24.1 Å². The highest BCUT2D eigenvalue weighted by Gasteiger charge is 2.30. The number of rotatable bonds is 3. The Morgan fingerprint density at radius 2 is 1.64 bits per heavy atom. The maximum Gasteiger partial charge on any atom is 0.0238 e. The van der Waals surface area contributed by atoms with Crippen LogP contribution in [-0.2, 0) is 0 Å². The van der Waals surface area contributed by atoms with Crippen LogP contribution in [0.25, 0.3) is 0 Å². The Labute approximate surface area is 92.8 Å². The molecule has 2 bridgehead atoms. The van der Waals surface area contributed by atoms with Crippen molar-refractivity contribution in [1.29, 1.82) is 0 Å². The van der Waals surface area contributed by atoms with Gasteiger partial charge in [0, 0.05) is 25.0 Å². The maximum absolute atomic E-state index is 5.82. The number of nitrogens with zero attached hydrogens (tertiary/aromatic N) is 1. The number of halogens is 1. The second-order valence-electron chi connectivity index (χ2n) is 5.17. The van der Waals surface area contributed by atoms with Crippen LogP contribution in [-0.4, -0.2) is 29.9 Å². The van der Waals surface area contributed by atoms with Gasteiger partial charge in [0.05, 0.1) is 0 Å². The maximum atomic E-state index is 5.82. The number of fused-ring (bicyclic) bond motifs is 4. The highest BCUT2D eigenvalue weighted by Crippen LogP contribution is 2.34. The Hall–Kier alpha value is 0.250. The van der Waals surface area contributed by atoms with Gasteiger partial charge in [-0.2, -0.15) is 0 Å². The topological polar surface area (TPSA) is 3.24 Å². The van der Waals surface area contributed by atoms with Gasteiger partial charge in [-0.3, -0.25) is 0 Å². The van der Waals surface area contributed by atoms with E-state index in [2.05, 4.69) is 11.8 Å². The van der Waals surface area contributed by atoms with E-state index >= 15 is 0 Å². The third-order valence-electron chi connectivity index (χ3n) is 4.10. The van der Waals surface area contributed by atoms with Crippen molar-refractivity contribution in [3.63, 3.8) is 0 Å². The first-order chi connectivity index (χ1) is 6.79. The molecule has 2 aliphatic heterocycles. The molecule has 0 amide bonds. The van der Waals surface area contributed by atoms with Crippen molar-refractivity contribution >= 4 is 11.6 Å². The molecule has 0 aromatic rings. The van der Waals surface area contributed by atoms with Crippen LogP contribution in [0.3, 0.4) is 0 Å². The Balaban J connectivity index is 1.93. The third kappa shape index (κ3) is 2.43. The van der Waals surface area contributed by atoms with Crippen LogP contribution < -0.4 is 0 Å². The second kappa shape index (κ2) is 4.85. The van der Waals surface area contributed by atoms with Crippen molar-refractivity contribution in [3.8, 4) is 0 Å². The van der Waals surface area contributed by atoms with E-state index in [0.29, 0.717) is 6.04 Å². The van der Waals surface area contributed by atoms with Crippen LogP contribution in [0, 0.1) is 11.8 Å². The summed E-state index contributed by atoms with van der Waals surface area (Å²) in [7, 11) is 0. The molecular formula is C12H22ClN. The van der Waals surface area contributed by atoms with E-state index < -0.39 is 0 Å². The molecule has 82 valence electrons. The molecule has 1 aliphatic carbocycles. The largest absolute Gasteiger partial charge is 0.300 e. The fraction of sp³-hybridized carbons (Fsp3) is 1.00. The van der Waals surface area contributed by atoms with Crippen molar-refractivity contribution < 1.29 is 0 Å². The van der Waals surface area contributed by atoms with Gasteiger partial charge in [0.1, 0.15) is 0 Å². The van der Waals surface area contributed by atoms with Crippen molar-refractivity contribution in [1.82, 2.24) is 4.90 Å². The molecule has 1 atom stereocenters. The summed E-state index contributed by atoms with van der Waals surface area (Å²) in [4.78, 5) is 2.69. The molecule has 2 saturated heterocycles. The molecule has 1 saturated carbocycles. The summed E-state index contributed by atoms with van der Waals surface area (Å²) in [5.41, 5.74) is 0. The molecular weight excluding hydrogens is 194 g/mol. The first-order valence-electron chi connectivity index (χ1n) is 6.09. The average molecular weight is 216 g/mol. The van der Waals surface area contributed by atoms with E-state index in [-0.39, 0.29) is 0 Å². The SMILES string of the molecule is CC(CCCl)N1CC2CCC(CC2)C1. The monoisotopic (exact) mass is 215 g/mol. The average Bonchev–Trinajstić information content (AvgIpc) is 2.50. The molecule has 14 heavy (non-hydrogen) atoms. The first-order valence-corrected chi connectivity index (χ1v) is 6.63. The summed E-state index contributed by atoms with van der Waals surface area (Å²) >= 11 is 5.82. The molecule has 3 aliphatic rings. The summed E-state index contributed by atoms with van der Waals surface area (Å²) in [6.45, 7) is 5.02. The Morgan fingerprint density at radius 3 is 2.07 bits per heavy atom. The lowest BCUT2D eigenvalue weighted by atomic mass is 9.84. The fourth-order valence-corrected chi connectivity index (χ4v) is 3.35. The van der Waals surface area contributed by atoms with Gasteiger partial charge in [0.15, 0.2) is 0 Å². The fourth-order valence-electron chi connectivity index (χ4n) is 3.03. The van der Waals surface area contributed by atoms with Crippen LogP contribution in [0.15, 0.2) is 0 Å². The minimum Gasteiger partial charge on any atom is -0.300 e. The molecule has 1 nitrogen and oxygen atoms in total. The zero-order chi connectivity index (χ0) is 9.97. The van der Waals surface area contributed by atoms with Gasteiger partial charge >= 0.3 is 0 Å².